The molecule has 1 aliphatic heterocycles. The van der Waals surface area contributed by atoms with Crippen LogP contribution in [-0.2, 0) is 4.74 Å². The topological polar surface area (TPSA) is 36.3 Å². The first kappa shape index (κ1) is 8.53. The van der Waals surface area contributed by atoms with Crippen molar-refractivity contribution in [1.29, 1.82) is 5.41 Å². The van der Waals surface area contributed by atoms with Gasteiger partial charge in [0.25, 0.3) is 0 Å². The van der Waals surface area contributed by atoms with Gasteiger partial charge in [-0.3, -0.25) is 5.41 Å². The predicted molar refractivity (Wildman–Crippen MR) is 45.0 cm³/mol. The summed E-state index contributed by atoms with van der Waals surface area (Å²) in [5.41, 5.74) is 0.00405. The van der Waals surface area contributed by atoms with E-state index in [1.807, 2.05) is 6.92 Å². The largest absolute Gasteiger partial charge is 0.377 e. The average Bonchev–Trinajstić information content (AvgIpc) is 1.85. The fraction of sp³-hybridized carbons (Fsp3) is 0.875. The second kappa shape index (κ2) is 2.81. The third-order valence-corrected chi connectivity index (χ3v) is 2.05. The van der Waals surface area contributed by atoms with Crippen LogP contribution in [0.5, 0.6) is 0 Å². The Labute approximate surface area is 67.8 Å². The van der Waals surface area contributed by atoms with Crippen molar-refractivity contribution in [2.75, 3.05) is 19.8 Å². The molecule has 0 aromatic heterocycles. The van der Waals surface area contributed by atoms with Gasteiger partial charge in [0.05, 0.1) is 24.6 Å². The van der Waals surface area contributed by atoms with E-state index < -0.39 is 0 Å². The van der Waals surface area contributed by atoms with Crippen LogP contribution in [0.1, 0.15) is 20.8 Å². The average molecular weight is 156 g/mol. The van der Waals surface area contributed by atoms with Crippen molar-refractivity contribution in [3.8, 4) is 0 Å². The summed E-state index contributed by atoms with van der Waals surface area (Å²) in [7, 11) is 0. The van der Waals surface area contributed by atoms with Crippen LogP contribution in [0.2, 0.25) is 0 Å². The molecule has 3 nitrogen and oxygen atoms in total. The van der Waals surface area contributed by atoms with Gasteiger partial charge < -0.3 is 9.64 Å². The Balaban J connectivity index is 2.67. The molecule has 11 heavy (non-hydrogen) atoms. The maximum absolute atomic E-state index is 7.51. The van der Waals surface area contributed by atoms with Crippen LogP contribution in [0.15, 0.2) is 0 Å². The minimum atomic E-state index is 0.00405. The molecule has 0 amide bonds. The fourth-order valence-electron chi connectivity index (χ4n) is 1.48. The van der Waals surface area contributed by atoms with Crippen LogP contribution in [-0.4, -0.2) is 36.0 Å². The van der Waals surface area contributed by atoms with E-state index in [-0.39, 0.29) is 5.54 Å². The molecule has 0 atom stereocenters. The molecular weight excluding hydrogens is 140 g/mol. The van der Waals surface area contributed by atoms with E-state index in [0.717, 1.165) is 19.8 Å². The molecule has 3 heteroatoms. The van der Waals surface area contributed by atoms with Crippen LogP contribution in [0.3, 0.4) is 0 Å². The Morgan fingerprint density at radius 1 is 1.55 bits per heavy atom. The Kier molecular flexibility index (Phi) is 2.18. The monoisotopic (exact) mass is 156 g/mol. The number of ether oxygens (including phenoxy) is 1. The van der Waals surface area contributed by atoms with Crippen LogP contribution in [0, 0.1) is 5.41 Å². The standard InChI is InChI=1S/C8H16N2O/c1-7(9)10-4-5-11-6-8(10,2)3/h9H,4-6H2,1-3H3. The van der Waals surface area contributed by atoms with Crippen LogP contribution in [0.25, 0.3) is 0 Å². The van der Waals surface area contributed by atoms with Gasteiger partial charge in [0.15, 0.2) is 0 Å². The van der Waals surface area contributed by atoms with E-state index in [1.54, 1.807) is 0 Å². The number of hydrogen-bond donors (Lipinski definition) is 1. The molecule has 1 saturated heterocycles. The van der Waals surface area contributed by atoms with Crippen LogP contribution >= 0.6 is 0 Å². The third kappa shape index (κ3) is 1.71. The Morgan fingerprint density at radius 2 is 2.18 bits per heavy atom. The molecule has 1 fully saturated rings. The highest BCUT2D eigenvalue weighted by Gasteiger charge is 2.30. The number of amidine groups is 1. The van der Waals surface area contributed by atoms with Gasteiger partial charge in [-0.15, -0.1) is 0 Å². The van der Waals surface area contributed by atoms with Gasteiger partial charge in [0.2, 0.25) is 0 Å². The zero-order valence-corrected chi connectivity index (χ0v) is 7.48. The lowest BCUT2D eigenvalue weighted by molar-refractivity contribution is -0.0156. The molecule has 0 radical (unpaired) electrons. The first-order chi connectivity index (χ1) is 5.04. The summed E-state index contributed by atoms with van der Waals surface area (Å²) in [6, 6.07) is 0. The normalized spacial score (nSPS) is 23.4. The zero-order valence-electron chi connectivity index (χ0n) is 7.48. The number of hydrogen-bond acceptors (Lipinski definition) is 2. The molecule has 0 unspecified atom stereocenters. The second-order valence-corrected chi connectivity index (χ2v) is 3.60. The molecule has 1 aliphatic rings. The van der Waals surface area contributed by atoms with Crippen LogP contribution < -0.4 is 0 Å². The van der Waals surface area contributed by atoms with E-state index in [0.29, 0.717) is 5.84 Å². The first-order valence-corrected chi connectivity index (χ1v) is 3.94. The maximum Gasteiger partial charge on any atom is 0.0931 e. The maximum atomic E-state index is 7.51. The predicted octanol–water partition coefficient (Wildman–Crippen LogP) is 1.09. The Morgan fingerprint density at radius 3 is 2.55 bits per heavy atom. The molecule has 0 aromatic carbocycles. The second-order valence-electron chi connectivity index (χ2n) is 3.60. The molecule has 0 spiro atoms. The lowest BCUT2D eigenvalue weighted by Crippen LogP contribution is -2.54. The van der Waals surface area contributed by atoms with E-state index >= 15 is 0 Å². The molecular formula is C8H16N2O. The van der Waals surface area contributed by atoms with Crippen LogP contribution in [0.4, 0.5) is 0 Å². The molecule has 0 saturated carbocycles. The third-order valence-electron chi connectivity index (χ3n) is 2.05. The van der Waals surface area contributed by atoms with Crippen molar-refractivity contribution in [2.45, 2.75) is 26.3 Å². The summed E-state index contributed by atoms with van der Waals surface area (Å²) in [5.74, 6) is 0.637. The summed E-state index contributed by atoms with van der Waals surface area (Å²) < 4.78 is 5.33. The van der Waals surface area contributed by atoms with Crippen molar-refractivity contribution in [3.05, 3.63) is 0 Å². The molecule has 0 aliphatic carbocycles. The van der Waals surface area contributed by atoms with Gasteiger partial charge in [-0.25, -0.2) is 0 Å². The number of nitrogens with zero attached hydrogens (tertiary/aromatic N) is 1. The zero-order chi connectivity index (χ0) is 8.48. The first-order valence-electron chi connectivity index (χ1n) is 3.94. The van der Waals surface area contributed by atoms with Gasteiger partial charge in [-0.1, -0.05) is 0 Å². The molecule has 1 rings (SSSR count). The van der Waals surface area contributed by atoms with Gasteiger partial charge in [-0.2, -0.15) is 0 Å². The molecule has 0 bridgehead atoms. The van der Waals surface area contributed by atoms with Crippen molar-refractivity contribution in [3.63, 3.8) is 0 Å². The van der Waals surface area contributed by atoms with Gasteiger partial charge >= 0.3 is 0 Å². The molecule has 1 N–H and O–H groups in total. The Hall–Kier alpha value is -0.570. The van der Waals surface area contributed by atoms with Crippen molar-refractivity contribution >= 4 is 5.84 Å². The molecule has 1 heterocycles. The van der Waals surface area contributed by atoms with Gasteiger partial charge in [0, 0.05) is 6.54 Å². The van der Waals surface area contributed by atoms with Gasteiger partial charge in [0.1, 0.15) is 0 Å². The van der Waals surface area contributed by atoms with Crippen molar-refractivity contribution in [1.82, 2.24) is 4.90 Å². The highest BCUT2D eigenvalue weighted by molar-refractivity contribution is 5.77. The number of morpholine rings is 1. The summed E-state index contributed by atoms with van der Waals surface area (Å²) in [4.78, 5) is 2.08. The summed E-state index contributed by atoms with van der Waals surface area (Å²) in [6.07, 6.45) is 0. The molecule has 64 valence electrons. The van der Waals surface area contributed by atoms with E-state index in [2.05, 4.69) is 18.7 Å². The number of rotatable bonds is 0. The van der Waals surface area contributed by atoms with Gasteiger partial charge in [-0.05, 0) is 20.8 Å². The number of nitrogens with one attached hydrogen (secondary N) is 1. The SMILES string of the molecule is CC(=N)N1CCOCC1(C)C. The lowest BCUT2D eigenvalue weighted by Gasteiger charge is -2.42. The van der Waals surface area contributed by atoms with Crippen molar-refractivity contribution < 1.29 is 4.74 Å². The quantitative estimate of drug-likeness (QED) is 0.421. The minimum absolute atomic E-state index is 0.00405. The Bertz CT molecular complexity index is 165. The summed E-state index contributed by atoms with van der Waals surface area (Å²) in [6.45, 7) is 8.35. The minimum Gasteiger partial charge on any atom is -0.377 e. The van der Waals surface area contributed by atoms with Crippen molar-refractivity contribution in [2.24, 2.45) is 0 Å². The highest BCUT2D eigenvalue weighted by atomic mass is 16.5. The van der Waals surface area contributed by atoms with E-state index in [4.69, 9.17) is 10.1 Å². The smallest absolute Gasteiger partial charge is 0.0931 e. The summed E-state index contributed by atoms with van der Waals surface area (Å²) in [5, 5.41) is 7.51. The highest BCUT2D eigenvalue weighted by Crippen LogP contribution is 2.18. The summed E-state index contributed by atoms with van der Waals surface area (Å²) >= 11 is 0. The van der Waals surface area contributed by atoms with E-state index in [1.165, 1.54) is 0 Å². The molecule has 0 aromatic rings. The van der Waals surface area contributed by atoms with E-state index in [9.17, 15) is 0 Å². The lowest BCUT2D eigenvalue weighted by atomic mass is 10.0. The fourth-order valence-corrected chi connectivity index (χ4v) is 1.48.